The molecule has 0 fully saturated rings. The molecule has 4 aromatic rings. The van der Waals surface area contributed by atoms with E-state index in [1.165, 1.54) is 0 Å². The second kappa shape index (κ2) is 8.00. The van der Waals surface area contributed by atoms with E-state index in [9.17, 15) is 4.79 Å². The standard InChI is InChI=1S/C22H17N5OS/c23-17-5-3-14(4-6-17)18-13-29-20-16(12-27-21(24)19(18)20)2-1-9-26-22(28)15-7-10-25-11-8-15/h3-8,10-13H,9,23H2,(H2,24,27)(H,26,28). The van der Waals surface area contributed by atoms with Crippen molar-refractivity contribution in [2.75, 3.05) is 18.0 Å². The number of aromatic nitrogens is 2. The maximum Gasteiger partial charge on any atom is 0.252 e. The number of nitrogens with two attached hydrogens (primary N) is 2. The molecule has 0 unspecified atom stereocenters. The lowest BCUT2D eigenvalue weighted by Gasteiger charge is -2.04. The summed E-state index contributed by atoms with van der Waals surface area (Å²) in [7, 11) is 0. The van der Waals surface area contributed by atoms with Crippen molar-refractivity contribution >= 4 is 38.8 Å². The third-order valence-corrected chi connectivity index (χ3v) is 5.36. The van der Waals surface area contributed by atoms with E-state index in [1.54, 1.807) is 42.1 Å². The normalized spacial score (nSPS) is 10.3. The Hall–Kier alpha value is -3.89. The minimum atomic E-state index is -0.191. The number of nitrogen functional groups attached to an aromatic ring is 2. The van der Waals surface area contributed by atoms with Gasteiger partial charge in [-0.05, 0) is 35.2 Å². The van der Waals surface area contributed by atoms with Crippen LogP contribution in [0.4, 0.5) is 11.5 Å². The summed E-state index contributed by atoms with van der Waals surface area (Å²) < 4.78 is 0.970. The van der Waals surface area contributed by atoms with E-state index in [0.717, 1.165) is 26.8 Å². The first-order valence-electron chi connectivity index (χ1n) is 8.82. The van der Waals surface area contributed by atoms with Crippen molar-refractivity contribution in [3.8, 4) is 23.0 Å². The zero-order valence-corrected chi connectivity index (χ0v) is 16.2. The number of nitrogens with zero attached hydrogens (tertiary/aromatic N) is 2. The summed E-state index contributed by atoms with van der Waals surface area (Å²) in [6, 6.07) is 10.9. The van der Waals surface area contributed by atoms with Gasteiger partial charge in [0.15, 0.2) is 0 Å². The first-order chi connectivity index (χ1) is 14.1. The van der Waals surface area contributed by atoms with Crippen LogP contribution in [0, 0.1) is 11.8 Å². The SMILES string of the molecule is Nc1ccc(-c2csc3c(C#CCNC(=O)c4ccncc4)cnc(N)c23)cc1. The maximum absolute atomic E-state index is 12.1. The molecule has 7 heteroatoms. The summed E-state index contributed by atoms with van der Waals surface area (Å²) in [5.74, 6) is 6.35. The Morgan fingerprint density at radius 1 is 1.10 bits per heavy atom. The topological polar surface area (TPSA) is 107 Å². The molecule has 0 radical (unpaired) electrons. The minimum absolute atomic E-state index is 0.191. The van der Waals surface area contributed by atoms with Crippen LogP contribution < -0.4 is 16.8 Å². The summed E-state index contributed by atoms with van der Waals surface area (Å²) in [4.78, 5) is 20.3. The molecule has 0 aliphatic heterocycles. The quantitative estimate of drug-likeness (QED) is 0.362. The highest BCUT2D eigenvalue weighted by Gasteiger charge is 2.13. The molecule has 0 bridgehead atoms. The van der Waals surface area contributed by atoms with Crippen LogP contribution in [0.3, 0.4) is 0 Å². The maximum atomic E-state index is 12.1. The van der Waals surface area contributed by atoms with Gasteiger partial charge in [-0.25, -0.2) is 4.98 Å². The number of anilines is 2. The zero-order chi connectivity index (χ0) is 20.2. The Kier molecular flexibility index (Phi) is 5.10. The molecule has 1 amide bonds. The van der Waals surface area contributed by atoms with E-state index in [4.69, 9.17) is 11.5 Å². The molecule has 5 N–H and O–H groups in total. The molecule has 6 nitrogen and oxygen atoms in total. The number of pyridine rings is 2. The second-order valence-electron chi connectivity index (χ2n) is 6.25. The van der Waals surface area contributed by atoms with Crippen LogP contribution in [0.1, 0.15) is 15.9 Å². The molecular formula is C22H17N5OS. The fourth-order valence-corrected chi connectivity index (χ4v) is 3.95. The zero-order valence-electron chi connectivity index (χ0n) is 15.3. The Balaban J connectivity index is 1.58. The molecule has 4 rings (SSSR count). The van der Waals surface area contributed by atoms with Crippen molar-refractivity contribution in [2.45, 2.75) is 0 Å². The Bertz CT molecular complexity index is 1240. The summed E-state index contributed by atoms with van der Waals surface area (Å²) in [6.07, 6.45) is 4.82. The van der Waals surface area contributed by atoms with Gasteiger partial charge in [0.1, 0.15) is 5.82 Å². The van der Waals surface area contributed by atoms with Crippen LogP contribution in [0.25, 0.3) is 21.2 Å². The first kappa shape index (κ1) is 18.5. The smallest absolute Gasteiger partial charge is 0.252 e. The van der Waals surface area contributed by atoms with E-state index in [1.807, 2.05) is 29.6 Å². The van der Waals surface area contributed by atoms with Crippen LogP contribution in [0.15, 0.2) is 60.4 Å². The largest absolute Gasteiger partial charge is 0.399 e. The fourth-order valence-electron chi connectivity index (χ4n) is 2.90. The van der Waals surface area contributed by atoms with Crippen molar-refractivity contribution in [1.82, 2.24) is 15.3 Å². The third kappa shape index (κ3) is 3.88. The number of hydrogen-bond donors (Lipinski definition) is 3. The minimum Gasteiger partial charge on any atom is -0.399 e. The number of amides is 1. The van der Waals surface area contributed by atoms with Crippen LogP contribution in [0.2, 0.25) is 0 Å². The summed E-state index contributed by atoms with van der Waals surface area (Å²) in [5.41, 5.74) is 16.0. The molecule has 0 atom stereocenters. The van der Waals surface area contributed by atoms with Crippen LogP contribution >= 0.6 is 11.3 Å². The molecule has 3 heterocycles. The number of fused-ring (bicyclic) bond motifs is 1. The lowest BCUT2D eigenvalue weighted by molar-refractivity contribution is 0.0958. The first-order valence-corrected chi connectivity index (χ1v) is 9.70. The van der Waals surface area contributed by atoms with Gasteiger partial charge in [-0.15, -0.1) is 11.3 Å². The Morgan fingerprint density at radius 2 is 1.86 bits per heavy atom. The van der Waals surface area contributed by atoms with Gasteiger partial charge < -0.3 is 16.8 Å². The van der Waals surface area contributed by atoms with E-state index < -0.39 is 0 Å². The molecule has 0 spiro atoms. The van der Waals surface area contributed by atoms with Crippen molar-refractivity contribution in [1.29, 1.82) is 0 Å². The number of carbonyl (C=O) groups excluding carboxylic acids is 1. The van der Waals surface area contributed by atoms with Gasteiger partial charge in [-0.2, -0.15) is 0 Å². The molecule has 3 aromatic heterocycles. The van der Waals surface area contributed by atoms with Crippen molar-refractivity contribution in [2.24, 2.45) is 0 Å². The molecule has 29 heavy (non-hydrogen) atoms. The van der Waals surface area contributed by atoms with Gasteiger partial charge in [0.2, 0.25) is 0 Å². The summed E-state index contributed by atoms with van der Waals surface area (Å²) in [5, 5.41) is 5.70. The molecule has 0 saturated heterocycles. The van der Waals surface area contributed by atoms with Gasteiger partial charge in [0, 0.05) is 40.8 Å². The highest BCUT2D eigenvalue weighted by atomic mass is 32.1. The van der Waals surface area contributed by atoms with E-state index in [2.05, 4.69) is 27.1 Å². The van der Waals surface area contributed by atoms with Crippen LogP contribution in [-0.4, -0.2) is 22.4 Å². The number of thiophene rings is 1. The van der Waals surface area contributed by atoms with Gasteiger partial charge in [-0.3, -0.25) is 9.78 Å². The highest BCUT2D eigenvalue weighted by molar-refractivity contribution is 7.18. The number of nitrogens with one attached hydrogen (secondary N) is 1. The average molecular weight is 399 g/mol. The van der Waals surface area contributed by atoms with Crippen LogP contribution in [0.5, 0.6) is 0 Å². The van der Waals surface area contributed by atoms with E-state index in [-0.39, 0.29) is 12.5 Å². The van der Waals surface area contributed by atoms with Crippen molar-refractivity contribution < 1.29 is 4.79 Å². The number of carbonyl (C=O) groups is 1. The Morgan fingerprint density at radius 3 is 2.62 bits per heavy atom. The monoisotopic (exact) mass is 399 g/mol. The lowest BCUT2D eigenvalue weighted by atomic mass is 10.0. The predicted octanol–water partition coefficient (Wildman–Crippen LogP) is 3.30. The number of benzene rings is 1. The fraction of sp³-hybridized carbons (Fsp3) is 0.0455. The lowest BCUT2D eigenvalue weighted by Crippen LogP contribution is -2.23. The second-order valence-corrected chi connectivity index (χ2v) is 7.13. The third-order valence-electron chi connectivity index (χ3n) is 4.35. The van der Waals surface area contributed by atoms with Crippen molar-refractivity contribution in [3.05, 3.63) is 71.5 Å². The highest BCUT2D eigenvalue weighted by Crippen LogP contribution is 2.38. The molecule has 0 aliphatic rings. The average Bonchev–Trinajstić information content (AvgIpc) is 3.20. The molecule has 0 saturated carbocycles. The Labute approximate surface area is 171 Å². The van der Waals surface area contributed by atoms with Gasteiger partial charge in [-0.1, -0.05) is 24.0 Å². The van der Waals surface area contributed by atoms with Gasteiger partial charge >= 0.3 is 0 Å². The summed E-state index contributed by atoms with van der Waals surface area (Å²) in [6.45, 7) is 0.225. The van der Waals surface area contributed by atoms with Gasteiger partial charge in [0.25, 0.3) is 5.91 Å². The van der Waals surface area contributed by atoms with Gasteiger partial charge in [0.05, 0.1) is 16.8 Å². The molecule has 142 valence electrons. The summed E-state index contributed by atoms with van der Waals surface area (Å²) >= 11 is 1.57. The van der Waals surface area contributed by atoms with E-state index >= 15 is 0 Å². The van der Waals surface area contributed by atoms with E-state index in [0.29, 0.717) is 17.1 Å². The number of rotatable bonds is 3. The number of hydrogen-bond acceptors (Lipinski definition) is 6. The van der Waals surface area contributed by atoms with Crippen molar-refractivity contribution in [3.63, 3.8) is 0 Å². The molecule has 1 aromatic carbocycles. The predicted molar refractivity (Wildman–Crippen MR) is 117 cm³/mol. The van der Waals surface area contributed by atoms with Crippen LogP contribution in [-0.2, 0) is 0 Å². The molecule has 0 aliphatic carbocycles. The molecular weight excluding hydrogens is 382 g/mol.